The normalized spacial score (nSPS) is 11.0. The molecule has 0 spiro atoms. The summed E-state index contributed by atoms with van der Waals surface area (Å²) in [7, 11) is 1.30. The molecule has 6 heteroatoms. The van der Waals surface area contributed by atoms with E-state index in [4.69, 9.17) is 11.6 Å². The predicted molar refractivity (Wildman–Crippen MR) is 81.9 cm³/mol. The number of amides is 1. The fourth-order valence-electron chi connectivity index (χ4n) is 1.53. The summed E-state index contributed by atoms with van der Waals surface area (Å²) in [5.41, 5.74) is 0.0894. The van der Waals surface area contributed by atoms with Crippen molar-refractivity contribution in [2.45, 2.75) is 25.1 Å². The zero-order valence-electron chi connectivity index (χ0n) is 11.7. The summed E-state index contributed by atoms with van der Waals surface area (Å²) in [6, 6.07) is 7.48. The van der Waals surface area contributed by atoms with Gasteiger partial charge < -0.3 is 10.1 Å². The minimum atomic E-state index is -1.01. The molecule has 1 aromatic carbocycles. The summed E-state index contributed by atoms with van der Waals surface area (Å²) in [4.78, 5) is 23.2. The van der Waals surface area contributed by atoms with Gasteiger partial charge in [-0.05, 0) is 31.5 Å². The molecule has 1 rings (SSSR count). The molecule has 0 aromatic heterocycles. The number of thioether (sulfide) groups is 1. The maximum absolute atomic E-state index is 11.8. The van der Waals surface area contributed by atoms with E-state index in [1.807, 2.05) is 24.3 Å². The van der Waals surface area contributed by atoms with Crippen molar-refractivity contribution in [3.05, 3.63) is 34.9 Å². The second kappa shape index (κ2) is 7.55. The fraction of sp³-hybridized carbons (Fsp3) is 0.429. The van der Waals surface area contributed by atoms with Crippen LogP contribution in [0.1, 0.15) is 19.4 Å². The number of hydrogen-bond donors (Lipinski definition) is 1. The van der Waals surface area contributed by atoms with Crippen LogP contribution in [0.2, 0.25) is 5.02 Å². The molecular formula is C14H18ClNO3S. The highest BCUT2D eigenvalue weighted by molar-refractivity contribution is 7.99. The van der Waals surface area contributed by atoms with Gasteiger partial charge in [-0.15, -0.1) is 11.8 Å². The maximum Gasteiger partial charge on any atom is 0.330 e. The van der Waals surface area contributed by atoms with E-state index in [0.29, 0.717) is 10.8 Å². The average Bonchev–Trinajstić information content (AvgIpc) is 2.39. The largest absolute Gasteiger partial charge is 0.467 e. The molecule has 0 saturated carbocycles. The van der Waals surface area contributed by atoms with Gasteiger partial charge in [-0.2, -0.15) is 0 Å². The van der Waals surface area contributed by atoms with E-state index in [1.165, 1.54) is 18.9 Å². The average molecular weight is 316 g/mol. The van der Waals surface area contributed by atoms with E-state index >= 15 is 0 Å². The summed E-state index contributed by atoms with van der Waals surface area (Å²) in [5, 5.41) is 3.34. The molecule has 0 heterocycles. The van der Waals surface area contributed by atoms with Crippen LogP contribution in [0.15, 0.2) is 24.3 Å². The molecule has 0 radical (unpaired) electrons. The highest BCUT2D eigenvalue weighted by Crippen LogP contribution is 2.15. The van der Waals surface area contributed by atoms with Crippen molar-refractivity contribution in [3.8, 4) is 0 Å². The van der Waals surface area contributed by atoms with E-state index in [-0.39, 0.29) is 11.7 Å². The maximum atomic E-state index is 11.8. The number of rotatable bonds is 6. The van der Waals surface area contributed by atoms with Crippen LogP contribution in [0.25, 0.3) is 0 Å². The predicted octanol–water partition coefficient (Wildman–Crippen LogP) is 2.64. The smallest absolute Gasteiger partial charge is 0.330 e. The first kappa shape index (κ1) is 16.9. The van der Waals surface area contributed by atoms with Gasteiger partial charge in [-0.3, -0.25) is 4.79 Å². The van der Waals surface area contributed by atoms with Gasteiger partial charge in [0, 0.05) is 10.8 Å². The van der Waals surface area contributed by atoms with Gasteiger partial charge in [0.2, 0.25) is 5.91 Å². The number of nitrogens with one attached hydrogen (secondary N) is 1. The highest BCUT2D eigenvalue weighted by Gasteiger charge is 2.30. The Labute approximate surface area is 128 Å². The summed E-state index contributed by atoms with van der Waals surface area (Å²) in [6.45, 7) is 3.22. The number of carbonyl (C=O) groups excluding carboxylic acids is 2. The van der Waals surface area contributed by atoms with Crippen LogP contribution < -0.4 is 5.32 Å². The second-order valence-electron chi connectivity index (χ2n) is 4.78. The SMILES string of the molecule is COC(=O)C(C)(C)NC(=O)CSCc1ccc(Cl)cc1. The van der Waals surface area contributed by atoms with Crippen LogP contribution in [0, 0.1) is 0 Å². The zero-order chi connectivity index (χ0) is 15.2. The molecule has 0 saturated heterocycles. The first-order valence-electron chi connectivity index (χ1n) is 6.07. The number of methoxy groups -OCH3 is 1. The summed E-state index contributed by atoms with van der Waals surface area (Å²) >= 11 is 7.27. The molecule has 0 aliphatic rings. The third kappa shape index (κ3) is 5.43. The number of hydrogen-bond acceptors (Lipinski definition) is 4. The fourth-order valence-corrected chi connectivity index (χ4v) is 2.45. The molecule has 1 amide bonds. The number of esters is 1. The van der Waals surface area contributed by atoms with Gasteiger partial charge in [0.25, 0.3) is 0 Å². The lowest BCUT2D eigenvalue weighted by Gasteiger charge is -2.22. The first-order valence-corrected chi connectivity index (χ1v) is 7.60. The number of carbonyl (C=O) groups is 2. The van der Waals surface area contributed by atoms with Crippen molar-refractivity contribution in [3.63, 3.8) is 0 Å². The Bertz CT molecular complexity index is 474. The molecular weight excluding hydrogens is 298 g/mol. The van der Waals surface area contributed by atoms with Gasteiger partial charge in [-0.1, -0.05) is 23.7 Å². The minimum Gasteiger partial charge on any atom is -0.467 e. The van der Waals surface area contributed by atoms with Crippen LogP contribution in [0.4, 0.5) is 0 Å². The standard InChI is InChI=1S/C14H18ClNO3S/c1-14(2,13(18)19-3)16-12(17)9-20-8-10-4-6-11(15)7-5-10/h4-7H,8-9H2,1-3H3,(H,16,17). The van der Waals surface area contributed by atoms with Crippen LogP contribution in [0.3, 0.4) is 0 Å². The second-order valence-corrected chi connectivity index (χ2v) is 6.21. The van der Waals surface area contributed by atoms with Gasteiger partial charge in [-0.25, -0.2) is 4.79 Å². The molecule has 1 aromatic rings. The molecule has 0 unspecified atom stereocenters. The Morgan fingerprint density at radius 1 is 1.30 bits per heavy atom. The molecule has 0 aliphatic carbocycles. The van der Waals surface area contributed by atoms with Crippen molar-refractivity contribution in [2.24, 2.45) is 0 Å². The Morgan fingerprint density at radius 2 is 1.90 bits per heavy atom. The van der Waals surface area contributed by atoms with Crippen molar-refractivity contribution in [2.75, 3.05) is 12.9 Å². The van der Waals surface area contributed by atoms with E-state index < -0.39 is 11.5 Å². The zero-order valence-corrected chi connectivity index (χ0v) is 13.3. The lowest BCUT2D eigenvalue weighted by molar-refractivity contribution is -0.149. The lowest BCUT2D eigenvalue weighted by atomic mass is 10.1. The topological polar surface area (TPSA) is 55.4 Å². The molecule has 4 nitrogen and oxygen atoms in total. The molecule has 0 atom stereocenters. The molecule has 1 N–H and O–H groups in total. The number of ether oxygens (including phenoxy) is 1. The van der Waals surface area contributed by atoms with Crippen molar-refractivity contribution in [1.82, 2.24) is 5.32 Å². The van der Waals surface area contributed by atoms with Gasteiger partial charge in [0.05, 0.1) is 12.9 Å². The summed E-state index contributed by atoms with van der Waals surface area (Å²) in [6.07, 6.45) is 0. The van der Waals surface area contributed by atoms with E-state index in [2.05, 4.69) is 10.1 Å². The van der Waals surface area contributed by atoms with E-state index in [1.54, 1.807) is 13.8 Å². The Morgan fingerprint density at radius 3 is 2.45 bits per heavy atom. The van der Waals surface area contributed by atoms with Gasteiger partial charge in [0.1, 0.15) is 5.54 Å². The van der Waals surface area contributed by atoms with Crippen LogP contribution in [-0.2, 0) is 20.1 Å². The van der Waals surface area contributed by atoms with Crippen LogP contribution >= 0.6 is 23.4 Å². The Balaban J connectivity index is 2.37. The third-order valence-corrected chi connectivity index (χ3v) is 3.82. The highest BCUT2D eigenvalue weighted by atomic mass is 35.5. The van der Waals surface area contributed by atoms with Crippen LogP contribution in [-0.4, -0.2) is 30.3 Å². The Hall–Kier alpha value is -1.20. The van der Waals surface area contributed by atoms with E-state index in [0.717, 1.165) is 5.56 Å². The minimum absolute atomic E-state index is 0.195. The third-order valence-electron chi connectivity index (χ3n) is 2.56. The van der Waals surface area contributed by atoms with Gasteiger partial charge >= 0.3 is 5.97 Å². The summed E-state index contributed by atoms with van der Waals surface area (Å²) < 4.78 is 4.63. The number of benzene rings is 1. The monoisotopic (exact) mass is 315 g/mol. The Kier molecular flexibility index (Phi) is 6.36. The molecule has 0 fully saturated rings. The molecule has 0 aliphatic heterocycles. The van der Waals surface area contributed by atoms with Gasteiger partial charge in [0.15, 0.2) is 0 Å². The molecule has 0 bridgehead atoms. The van der Waals surface area contributed by atoms with Crippen LogP contribution in [0.5, 0.6) is 0 Å². The first-order chi connectivity index (χ1) is 9.35. The molecule has 110 valence electrons. The van der Waals surface area contributed by atoms with E-state index in [9.17, 15) is 9.59 Å². The number of halogens is 1. The summed E-state index contributed by atoms with van der Waals surface area (Å²) in [5.74, 6) is 0.333. The quantitative estimate of drug-likeness (QED) is 0.820. The lowest BCUT2D eigenvalue weighted by Crippen LogP contribution is -2.50. The van der Waals surface area contributed by atoms with Crippen molar-refractivity contribution in [1.29, 1.82) is 0 Å². The van der Waals surface area contributed by atoms with Crippen molar-refractivity contribution >= 4 is 35.2 Å². The molecule has 20 heavy (non-hydrogen) atoms. The van der Waals surface area contributed by atoms with Crippen molar-refractivity contribution < 1.29 is 14.3 Å².